The number of hydrogen-bond donors (Lipinski definition) is 0. The minimum Gasteiger partial charge on any atom is -0.0651 e. The maximum atomic E-state index is 2.43. The highest BCUT2D eigenvalue weighted by molar-refractivity contribution is 5.99. The standard InChI is InChI=1S/C25H31/c1-5-11-19-14-10-16-23(21(19)12-6-2)24-17-20-13-8-9-15-22(20)25(24)18(4)7-3/h8-10,13-18H,5-7,11-12H2,1-4H3. The Kier molecular flexibility index (Phi) is 5.78. The molecule has 3 rings (SSSR count). The van der Waals surface area contributed by atoms with E-state index < -0.39 is 0 Å². The van der Waals surface area contributed by atoms with Crippen molar-refractivity contribution in [1.29, 1.82) is 0 Å². The number of allylic oxidation sites excluding steroid dienone is 1. The van der Waals surface area contributed by atoms with Gasteiger partial charge in [-0.3, -0.25) is 0 Å². The van der Waals surface area contributed by atoms with E-state index in [0.717, 1.165) is 0 Å². The second kappa shape index (κ2) is 8.04. The minimum atomic E-state index is 0.583. The fraction of sp³-hybridized carbons (Fsp3) is 0.400. The lowest BCUT2D eigenvalue weighted by molar-refractivity contribution is 0.626. The van der Waals surface area contributed by atoms with Gasteiger partial charge in [0, 0.05) is 5.92 Å². The van der Waals surface area contributed by atoms with Crippen LogP contribution in [0.5, 0.6) is 0 Å². The Morgan fingerprint density at radius 1 is 0.800 bits per heavy atom. The van der Waals surface area contributed by atoms with E-state index in [2.05, 4.69) is 76.2 Å². The summed E-state index contributed by atoms with van der Waals surface area (Å²) in [6, 6.07) is 15.9. The Morgan fingerprint density at radius 2 is 1.52 bits per heavy atom. The fourth-order valence-electron chi connectivity index (χ4n) is 4.14. The van der Waals surface area contributed by atoms with Gasteiger partial charge in [0.2, 0.25) is 0 Å². The molecule has 1 aliphatic rings. The van der Waals surface area contributed by atoms with Crippen LogP contribution in [-0.2, 0) is 12.8 Å². The van der Waals surface area contributed by atoms with Gasteiger partial charge in [0.15, 0.2) is 0 Å². The molecule has 0 fully saturated rings. The highest BCUT2D eigenvalue weighted by Crippen LogP contribution is 2.47. The summed E-state index contributed by atoms with van der Waals surface area (Å²) in [5.41, 5.74) is 8.89. The smallest absolute Gasteiger partial charge is 0.0380 e. The predicted molar refractivity (Wildman–Crippen MR) is 111 cm³/mol. The zero-order chi connectivity index (χ0) is 17.8. The van der Waals surface area contributed by atoms with Crippen LogP contribution in [0.2, 0.25) is 0 Å². The van der Waals surface area contributed by atoms with Gasteiger partial charge in [0.1, 0.15) is 0 Å². The molecule has 0 saturated carbocycles. The van der Waals surface area contributed by atoms with E-state index in [9.17, 15) is 0 Å². The van der Waals surface area contributed by atoms with Crippen LogP contribution in [0.1, 0.15) is 74.8 Å². The molecule has 0 heteroatoms. The lowest BCUT2D eigenvalue weighted by Gasteiger charge is -2.25. The first-order valence-electron chi connectivity index (χ1n) is 10.0. The van der Waals surface area contributed by atoms with Crippen LogP contribution in [0.25, 0.3) is 11.6 Å². The molecule has 2 aromatic carbocycles. The Bertz CT molecular complexity index is 750. The van der Waals surface area contributed by atoms with Crippen molar-refractivity contribution in [3.8, 4) is 0 Å². The van der Waals surface area contributed by atoms with Gasteiger partial charge in [-0.1, -0.05) is 89.4 Å². The van der Waals surface area contributed by atoms with Gasteiger partial charge in [-0.15, -0.1) is 0 Å². The fourth-order valence-corrected chi connectivity index (χ4v) is 4.14. The molecule has 2 aromatic rings. The summed E-state index contributed by atoms with van der Waals surface area (Å²) < 4.78 is 0. The summed E-state index contributed by atoms with van der Waals surface area (Å²) in [6.07, 6.45) is 8.38. The molecule has 0 aromatic heterocycles. The monoisotopic (exact) mass is 331 g/mol. The largest absolute Gasteiger partial charge is 0.0651 e. The van der Waals surface area contributed by atoms with E-state index in [-0.39, 0.29) is 0 Å². The van der Waals surface area contributed by atoms with Gasteiger partial charge in [0.25, 0.3) is 0 Å². The van der Waals surface area contributed by atoms with Gasteiger partial charge in [-0.2, -0.15) is 0 Å². The number of aryl methyl sites for hydroxylation is 1. The molecule has 0 N–H and O–H groups in total. The van der Waals surface area contributed by atoms with E-state index in [1.165, 1.54) is 54.4 Å². The van der Waals surface area contributed by atoms with Crippen molar-refractivity contribution < 1.29 is 0 Å². The summed E-state index contributed by atoms with van der Waals surface area (Å²) >= 11 is 0. The van der Waals surface area contributed by atoms with Crippen LogP contribution in [-0.4, -0.2) is 0 Å². The molecule has 1 atom stereocenters. The Morgan fingerprint density at radius 3 is 2.24 bits per heavy atom. The van der Waals surface area contributed by atoms with Crippen molar-refractivity contribution in [3.05, 3.63) is 76.2 Å². The number of fused-ring (bicyclic) bond motifs is 1. The highest BCUT2D eigenvalue weighted by Gasteiger charge is 2.31. The second-order valence-electron chi connectivity index (χ2n) is 7.31. The summed E-state index contributed by atoms with van der Waals surface area (Å²) in [7, 11) is 0. The molecular formula is C25H31. The van der Waals surface area contributed by atoms with E-state index in [0.29, 0.717) is 5.92 Å². The van der Waals surface area contributed by atoms with Crippen LogP contribution in [0.15, 0.2) is 42.5 Å². The summed E-state index contributed by atoms with van der Waals surface area (Å²) in [4.78, 5) is 0. The van der Waals surface area contributed by atoms with Gasteiger partial charge < -0.3 is 0 Å². The maximum absolute atomic E-state index is 2.43. The van der Waals surface area contributed by atoms with E-state index in [4.69, 9.17) is 0 Å². The zero-order valence-corrected chi connectivity index (χ0v) is 16.2. The number of hydrogen-bond acceptors (Lipinski definition) is 0. The van der Waals surface area contributed by atoms with Gasteiger partial charge in [0.05, 0.1) is 0 Å². The quantitative estimate of drug-likeness (QED) is 0.507. The Labute approximate surface area is 154 Å². The number of rotatable bonds is 7. The van der Waals surface area contributed by atoms with Crippen molar-refractivity contribution in [3.63, 3.8) is 0 Å². The normalized spacial score (nSPS) is 15.1. The third-order valence-corrected chi connectivity index (χ3v) is 5.53. The highest BCUT2D eigenvalue weighted by atomic mass is 14.3. The molecule has 1 unspecified atom stereocenters. The van der Waals surface area contributed by atoms with Crippen LogP contribution < -0.4 is 0 Å². The lowest BCUT2D eigenvalue weighted by Crippen LogP contribution is -2.12. The Hall–Kier alpha value is -1.82. The molecule has 0 spiro atoms. The van der Waals surface area contributed by atoms with Gasteiger partial charge in [-0.25, -0.2) is 0 Å². The van der Waals surface area contributed by atoms with Crippen molar-refractivity contribution in [1.82, 2.24) is 0 Å². The first kappa shape index (κ1) is 18.0. The van der Waals surface area contributed by atoms with Crippen molar-refractivity contribution in [2.75, 3.05) is 0 Å². The van der Waals surface area contributed by atoms with Crippen LogP contribution in [0.4, 0.5) is 0 Å². The summed E-state index contributed by atoms with van der Waals surface area (Å²) in [5, 5.41) is 0. The minimum absolute atomic E-state index is 0.583. The molecule has 0 aliphatic heterocycles. The SMILES string of the molecule is CCCc1cccc(C2=Cc3ccccc3[C]2C(C)CC)c1CCC. The average molecular weight is 332 g/mol. The molecule has 1 aliphatic carbocycles. The average Bonchev–Trinajstić information content (AvgIpc) is 3.02. The maximum Gasteiger partial charge on any atom is 0.0380 e. The molecule has 131 valence electrons. The van der Waals surface area contributed by atoms with Crippen molar-refractivity contribution in [2.45, 2.75) is 59.8 Å². The topological polar surface area (TPSA) is 0 Å². The summed E-state index contributed by atoms with van der Waals surface area (Å²) in [6.45, 7) is 9.25. The summed E-state index contributed by atoms with van der Waals surface area (Å²) in [5.74, 6) is 2.13. The van der Waals surface area contributed by atoms with Crippen LogP contribution in [0.3, 0.4) is 0 Å². The van der Waals surface area contributed by atoms with Crippen molar-refractivity contribution >= 4 is 11.6 Å². The molecule has 0 nitrogen and oxygen atoms in total. The zero-order valence-electron chi connectivity index (χ0n) is 16.2. The van der Waals surface area contributed by atoms with E-state index in [1.54, 1.807) is 17.0 Å². The molecular weight excluding hydrogens is 300 g/mol. The third kappa shape index (κ3) is 3.45. The molecule has 25 heavy (non-hydrogen) atoms. The van der Waals surface area contributed by atoms with E-state index in [1.807, 2.05) is 0 Å². The first-order valence-corrected chi connectivity index (χ1v) is 10.0. The van der Waals surface area contributed by atoms with Crippen LogP contribution >= 0.6 is 0 Å². The van der Waals surface area contributed by atoms with E-state index >= 15 is 0 Å². The van der Waals surface area contributed by atoms with Crippen molar-refractivity contribution in [2.24, 2.45) is 5.92 Å². The lowest BCUT2D eigenvalue weighted by atomic mass is 9.78. The van der Waals surface area contributed by atoms with Crippen LogP contribution in [0, 0.1) is 11.8 Å². The molecule has 0 bridgehead atoms. The first-order chi connectivity index (χ1) is 12.2. The molecule has 0 heterocycles. The predicted octanol–water partition coefficient (Wildman–Crippen LogP) is 7.11. The second-order valence-corrected chi connectivity index (χ2v) is 7.31. The van der Waals surface area contributed by atoms with Gasteiger partial charge in [-0.05, 0) is 58.2 Å². The van der Waals surface area contributed by atoms with Gasteiger partial charge >= 0.3 is 0 Å². The Balaban J connectivity index is 2.13. The third-order valence-electron chi connectivity index (χ3n) is 5.53. The number of benzene rings is 2. The molecule has 1 radical (unpaired) electrons. The molecule has 0 saturated heterocycles. The molecule has 0 amide bonds.